The first kappa shape index (κ1) is 27.6. The second-order valence-electron chi connectivity index (χ2n) is 7.54. The Morgan fingerprint density at radius 3 is 2.53 bits per heavy atom. The summed E-state index contributed by atoms with van der Waals surface area (Å²) < 4.78 is 33.2. The molecule has 2 rings (SSSR count). The molecule has 0 unspecified atom stereocenters. The van der Waals surface area contributed by atoms with E-state index in [-0.39, 0.29) is 29.4 Å². The van der Waals surface area contributed by atoms with Gasteiger partial charge in [0.2, 0.25) is 10.0 Å². The van der Waals surface area contributed by atoms with Crippen LogP contribution in [0.3, 0.4) is 0 Å². The van der Waals surface area contributed by atoms with Gasteiger partial charge in [-0.25, -0.2) is 13.1 Å². The number of halogens is 1. The number of sulfonamides is 1. The van der Waals surface area contributed by atoms with E-state index < -0.39 is 10.0 Å². The minimum Gasteiger partial charge on any atom is -0.382 e. The van der Waals surface area contributed by atoms with E-state index in [1.165, 1.54) is 37.0 Å². The van der Waals surface area contributed by atoms with Gasteiger partial charge >= 0.3 is 0 Å². The fraction of sp³-hybridized carbons (Fsp3) is 0.750. The number of rotatable bonds is 12. The highest BCUT2D eigenvalue weighted by molar-refractivity contribution is 14.0. The minimum atomic E-state index is -3.44. The van der Waals surface area contributed by atoms with E-state index in [4.69, 9.17) is 9.73 Å². The predicted molar refractivity (Wildman–Crippen MR) is 136 cm³/mol. The molecule has 3 N–H and O–H groups in total. The summed E-state index contributed by atoms with van der Waals surface area (Å²) in [6.07, 6.45) is 5.96. The lowest BCUT2D eigenvalue weighted by molar-refractivity contribution is 0.107. The molecule has 0 amide bonds. The Labute approximate surface area is 202 Å². The molecular formula is C20H37IN4O3S2. The number of hydrogen-bond acceptors (Lipinski definition) is 5. The lowest BCUT2D eigenvalue weighted by atomic mass is 9.83. The third-order valence-corrected chi connectivity index (χ3v) is 8.21. The van der Waals surface area contributed by atoms with Gasteiger partial charge in [0, 0.05) is 44.3 Å². The Morgan fingerprint density at radius 2 is 1.93 bits per heavy atom. The second-order valence-corrected chi connectivity index (χ2v) is 10.8. The topological polar surface area (TPSA) is 91.8 Å². The van der Waals surface area contributed by atoms with Crippen molar-refractivity contribution in [2.24, 2.45) is 10.4 Å². The molecule has 1 saturated carbocycles. The van der Waals surface area contributed by atoms with Gasteiger partial charge in [-0.05, 0) is 57.6 Å². The number of hydrogen-bond donors (Lipinski definition) is 3. The van der Waals surface area contributed by atoms with Gasteiger partial charge in [-0.2, -0.15) is 0 Å². The zero-order valence-corrected chi connectivity index (χ0v) is 22.3. The summed E-state index contributed by atoms with van der Waals surface area (Å²) in [5.74, 6) is 0.737. The number of thiophene rings is 1. The van der Waals surface area contributed by atoms with Crippen LogP contribution in [0.1, 0.15) is 50.8 Å². The summed E-state index contributed by atoms with van der Waals surface area (Å²) in [5, 5.41) is 6.50. The minimum absolute atomic E-state index is 0. The highest BCUT2D eigenvalue weighted by Gasteiger charge is 2.33. The first-order valence-corrected chi connectivity index (χ1v) is 12.9. The van der Waals surface area contributed by atoms with E-state index in [1.54, 1.807) is 6.07 Å². The van der Waals surface area contributed by atoms with Crippen molar-refractivity contribution in [3.8, 4) is 0 Å². The lowest BCUT2D eigenvalue weighted by Gasteiger charge is -2.27. The molecule has 0 aromatic carbocycles. The molecule has 0 radical (unpaired) electrons. The smallest absolute Gasteiger partial charge is 0.250 e. The van der Waals surface area contributed by atoms with Crippen molar-refractivity contribution in [1.29, 1.82) is 0 Å². The Morgan fingerprint density at radius 1 is 1.20 bits per heavy atom. The fourth-order valence-electron chi connectivity index (χ4n) is 3.63. The number of nitrogens with zero attached hydrogens (tertiary/aromatic N) is 1. The molecule has 0 aliphatic heterocycles. The zero-order valence-electron chi connectivity index (χ0n) is 18.3. The standard InChI is InChI=1S/C20H36N4O3S2.HI/c1-4-21-19(23-16-20(10-6-7-11-20)12-15-27-5-2)22-13-14-24-29(25,26)18-9-8-17(3)28-18;/h8-9,24H,4-7,10-16H2,1-3H3,(H2,21,22,23);1H. The van der Waals surface area contributed by atoms with E-state index in [0.29, 0.717) is 17.3 Å². The van der Waals surface area contributed by atoms with Crippen LogP contribution in [0.4, 0.5) is 0 Å². The van der Waals surface area contributed by atoms with E-state index in [9.17, 15) is 8.42 Å². The molecule has 7 nitrogen and oxygen atoms in total. The summed E-state index contributed by atoms with van der Waals surface area (Å²) in [5.41, 5.74) is 0.232. The summed E-state index contributed by atoms with van der Waals surface area (Å²) in [7, 11) is -3.44. The van der Waals surface area contributed by atoms with Crippen LogP contribution in [0.5, 0.6) is 0 Å². The molecular weight excluding hydrogens is 535 g/mol. The van der Waals surface area contributed by atoms with Crippen LogP contribution in [0.15, 0.2) is 21.3 Å². The van der Waals surface area contributed by atoms with Crippen LogP contribution in [0.2, 0.25) is 0 Å². The van der Waals surface area contributed by atoms with Crippen molar-refractivity contribution >= 4 is 51.3 Å². The molecule has 0 saturated heterocycles. The first-order chi connectivity index (χ1) is 13.9. The average Bonchev–Trinajstić information content (AvgIpc) is 3.33. The molecule has 174 valence electrons. The molecule has 1 aliphatic rings. The molecule has 1 aromatic rings. The van der Waals surface area contributed by atoms with Crippen LogP contribution >= 0.6 is 35.3 Å². The maximum atomic E-state index is 12.3. The molecule has 1 heterocycles. The third kappa shape index (κ3) is 8.97. The van der Waals surface area contributed by atoms with Gasteiger partial charge in [-0.15, -0.1) is 35.3 Å². The fourth-order valence-corrected chi connectivity index (χ4v) is 5.99. The summed E-state index contributed by atoms with van der Waals surface area (Å²) in [6, 6.07) is 3.46. The molecule has 10 heteroatoms. The summed E-state index contributed by atoms with van der Waals surface area (Å²) in [6.45, 7) is 9.81. The number of nitrogens with one attached hydrogen (secondary N) is 3. The Kier molecular flexibility index (Phi) is 12.8. The van der Waals surface area contributed by atoms with Crippen molar-refractivity contribution in [2.45, 2.75) is 57.1 Å². The first-order valence-electron chi connectivity index (χ1n) is 10.6. The van der Waals surface area contributed by atoms with Gasteiger partial charge in [-0.3, -0.25) is 4.99 Å². The zero-order chi connectivity index (χ0) is 21.2. The Balaban J connectivity index is 0.00000450. The third-order valence-electron chi connectivity index (χ3n) is 5.25. The van der Waals surface area contributed by atoms with E-state index >= 15 is 0 Å². The number of ether oxygens (including phenoxy) is 1. The SMILES string of the molecule is CCNC(=NCC1(CCOCC)CCCC1)NCCNS(=O)(=O)c1ccc(C)s1.I. The molecule has 1 aromatic heterocycles. The number of aliphatic imine (C=N–C) groups is 1. The summed E-state index contributed by atoms with van der Waals surface area (Å²) in [4.78, 5) is 5.79. The van der Waals surface area contributed by atoms with Gasteiger partial charge in [-0.1, -0.05) is 12.8 Å². The van der Waals surface area contributed by atoms with Crippen molar-refractivity contribution < 1.29 is 13.2 Å². The van der Waals surface area contributed by atoms with E-state index in [0.717, 1.165) is 43.6 Å². The maximum absolute atomic E-state index is 12.3. The van der Waals surface area contributed by atoms with Gasteiger partial charge in [0.1, 0.15) is 4.21 Å². The number of guanidine groups is 1. The van der Waals surface area contributed by atoms with Crippen LogP contribution in [-0.4, -0.2) is 53.8 Å². The molecule has 0 atom stereocenters. The quantitative estimate of drug-likeness (QED) is 0.154. The molecule has 0 spiro atoms. The average molecular weight is 573 g/mol. The van der Waals surface area contributed by atoms with Crippen molar-refractivity contribution in [3.05, 3.63) is 17.0 Å². The predicted octanol–water partition coefficient (Wildman–Crippen LogP) is 3.49. The molecule has 1 fully saturated rings. The molecule has 30 heavy (non-hydrogen) atoms. The summed E-state index contributed by atoms with van der Waals surface area (Å²) >= 11 is 1.28. The largest absolute Gasteiger partial charge is 0.382 e. The second kappa shape index (κ2) is 13.9. The highest BCUT2D eigenvalue weighted by Crippen LogP contribution is 2.41. The molecule has 1 aliphatic carbocycles. The van der Waals surface area contributed by atoms with Crippen molar-refractivity contribution in [2.75, 3.05) is 39.4 Å². The van der Waals surface area contributed by atoms with Gasteiger partial charge in [0.25, 0.3) is 0 Å². The molecule has 0 bridgehead atoms. The van der Waals surface area contributed by atoms with E-state index in [1.807, 2.05) is 26.8 Å². The normalized spacial score (nSPS) is 16.3. The Hall–Kier alpha value is -0.430. The van der Waals surface area contributed by atoms with Crippen molar-refractivity contribution in [3.63, 3.8) is 0 Å². The monoisotopic (exact) mass is 572 g/mol. The van der Waals surface area contributed by atoms with Gasteiger partial charge in [0.15, 0.2) is 5.96 Å². The lowest BCUT2D eigenvalue weighted by Crippen LogP contribution is -2.42. The van der Waals surface area contributed by atoms with Crippen molar-refractivity contribution in [1.82, 2.24) is 15.4 Å². The Bertz CT molecular complexity index is 747. The number of aryl methyl sites for hydroxylation is 1. The van der Waals surface area contributed by atoms with Crippen LogP contribution < -0.4 is 15.4 Å². The van der Waals surface area contributed by atoms with Crippen LogP contribution in [0, 0.1) is 12.3 Å². The maximum Gasteiger partial charge on any atom is 0.250 e. The van der Waals surface area contributed by atoms with Crippen LogP contribution in [0.25, 0.3) is 0 Å². The highest BCUT2D eigenvalue weighted by atomic mass is 127. The van der Waals surface area contributed by atoms with Crippen LogP contribution in [-0.2, 0) is 14.8 Å². The van der Waals surface area contributed by atoms with Gasteiger partial charge < -0.3 is 15.4 Å². The van der Waals surface area contributed by atoms with E-state index in [2.05, 4.69) is 15.4 Å². The van der Waals surface area contributed by atoms with Gasteiger partial charge in [0.05, 0.1) is 0 Å².